The molecule has 0 aliphatic carbocycles. The summed E-state index contributed by atoms with van der Waals surface area (Å²) in [5.74, 6) is -0.160. The number of para-hydroxylation sites is 1. The first kappa shape index (κ1) is 22.1. The highest BCUT2D eigenvalue weighted by Gasteiger charge is 2.40. The summed E-state index contributed by atoms with van der Waals surface area (Å²) >= 11 is 1.10. The number of hydrogen-bond donors (Lipinski definition) is 2. The minimum absolute atomic E-state index is 0.00792. The van der Waals surface area contributed by atoms with Crippen LogP contribution >= 0.6 is 11.3 Å². The van der Waals surface area contributed by atoms with Crippen molar-refractivity contribution in [3.63, 3.8) is 0 Å². The molecular weight excluding hydrogens is 454 g/mol. The van der Waals surface area contributed by atoms with Gasteiger partial charge in [-0.3, -0.25) is 20.4 Å². The molecular formula is C21H21N3O6S2. The van der Waals surface area contributed by atoms with Gasteiger partial charge in [-0.2, -0.15) is 4.31 Å². The van der Waals surface area contributed by atoms with Gasteiger partial charge < -0.3 is 9.15 Å². The lowest BCUT2D eigenvalue weighted by Crippen LogP contribution is -2.51. The number of amides is 2. The van der Waals surface area contributed by atoms with Crippen molar-refractivity contribution in [3.05, 3.63) is 71.5 Å². The first-order valence-corrected chi connectivity index (χ1v) is 12.2. The Bertz CT molecular complexity index is 1180. The van der Waals surface area contributed by atoms with Crippen LogP contribution in [0.2, 0.25) is 0 Å². The molecule has 2 N–H and O–H groups in total. The van der Waals surface area contributed by atoms with Crippen LogP contribution in [-0.2, 0) is 21.4 Å². The predicted octanol–water partition coefficient (Wildman–Crippen LogP) is 2.53. The molecule has 168 valence electrons. The Morgan fingerprint density at radius 3 is 2.66 bits per heavy atom. The van der Waals surface area contributed by atoms with Gasteiger partial charge in [0.05, 0.1) is 0 Å². The summed E-state index contributed by atoms with van der Waals surface area (Å²) < 4.78 is 37.9. The van der Waals surface area contributed by atoms with E-state index in [0.717, 1.165) is 11.3 Å². The average Bonchev–Trinajstić information content (AvgIpc) is 3.57. The molecule has 1 aliphatic heterocycles. The van der Waals surface area contributed by atoms with Crippen molar-refractivity contribution in [2.75, 3.05) is 6.54 Å². The fraction of sp³-hybridized carbons (Fsp3) is 0.238. The lowest BCUT2D eigenvalue weighted by molar-refractivity contribution is -0.125. The largest absolute Gasteiger partial charge is 0.486 e. The van der Waals surface area contributed by atoms with E-state index < -0.39 is 27.9 Å². The van der Waals surface area contributed by atoms with Crippen molar-refractivity contribution < 1.29 is 27.2 Å². The van der Waals surface area contributed by atoms with Crippen LogP contribution < -0.4 is 15.6 Å². The van der Waals surface area contributed by atoms with Crippen LogP contribution in [-0.4, -0.2) is 37.1 Å². The van der Waals surface area contributed by atoms with Crippen LogP contribution in [0.15, 0.2) is 68.6 Å². The van der Waals surface area contributed by atoms with E-state index in [1.807, 2.05) is 18.2 Å². The third-order valence-corrected chi connectivity index (χ3v) is 8.15. The van der Waals surface area contributed by atoms with Gasteiger partial charge in [0.25, 0.3) is 15.9 Å². The molecule has 1 fully saturated rings. The molecule has 3 aromatic rings. The Morgan fingerprint density at radius 2 is 1.91 bits per heavy atom. The maximum Gasteiger partial charge on any atom is 0.305 e. The third-order valence-electron chi connectivity index (χ3n) is 4.87. The van der Waals surface area contributed by atoms with Crippen molar-refractivity contribution in [1.82, 2.24) is 15.2 Å². The fourth-order valence-electron chi connectivity index (χ4n) is 3.33. The van der Waals surface area contributed by atoms with E-state index in [2.05, 4.69) is 10.9 Å². The van der Waals surface area contributed by atoms with Crippen LogP contribution in [0.25, 0.3) is 0 Å². The number of sulfonamides is 1. The standard InChI is InChI=1S/C21H21N3O6S2/c25-20(17-8-4-12-24(17)32(27,28)19-9-5-13-31-19)22-23-21(26)18-11-10-16(30-18)14-29-15-6-2-1-3-7-15/h1-3,5-7,9-11,13,17H,4,8,12,14H2,(H,22,25)(H,23,26). The van der Waals surface area contributed by atoms with E-state index in [-0.39, 0.29) is 23.1 Å². The number of nitrogens with one attached hydrogen (secondary N) is 2. The maximum atomic E-state index is 12.8. The zero-order valence-electron chi connectivity index (χ0n) is 16.9. The smallest absolute Gasteiger partial charge is 0.305 e. The third kappa shape index (κ3) is 4.85. The van der Waals surface area contributed by atoms with Crippen LogP contribution in [0.4, 0.5) is 0 Å². The van der Waals surface area contributed by atoms with E-state index in [0.29, 0.717) is 24.4 Å². The summed E-state index contributed by atoms with van der Waals surface area (Å²) in [5.41, 5.74) is 4.58. The number of furan rings is 1. The first-order valence-electron chi connectivity index (χ1n) is 9.87. The molecule has 1 unspecified atom stereocenters. The van der Waals surface area contributed by atoms with Crippen molar-refractivity contribution >= 4 is 33.2 Å². The number of benzene rings is 1. The van der Waals surface area contributed by atoms with E-state index >= 15 is 0 Å². The van der Waals surface area contributed by atoms with Crippen LogP contribution in [0.1, 0.15) is 29.2 Å². The lowest BCUT2D eigenvalue weighted by Gasteiger charge is -2.22. The van der Waals surface area contributed by atoms with E-state index in [9.17, 15) is 18.0 Å². The number of hydrazine groups is 1. The van der Waals surface area contributed by atoms with Crippen LogP contribution in [0, 0.1) is 0 Å². The molecule has 0 spiro atoms. The van der Waals surface area contributed by atoms with Gasteiger partial charge in [0, 0.05) is 6.54 Å². The quantitative estimate of drug-likeness (QED) is 0.507. The SMILES string of the molecule is O=C(NNC(=O)C1CCCN1S(=O)(=O)c1cccs1)c1ccc(COc2ccccc2)o1. The number of carbonyl (C=O) groups is 2. The molecule has 1 atom stereocenters. The number of ether oxygens (including phenoxy) is 1. The molecule has 3 heterocycles. The summed E-state index contributed by atoms with van der Waals surface area (Å²) in [6.07, 6.45) is 0.924. The van der Waals surface area contributed by atoms with Crippen molar-refractivity contribution in [1.29, 1.82) is 0 Å². The Hall–Kier alpha value is -3.15. The number of carbonyl (C=O) groups excluding carboxylic acids is 2. The molecule has 11 heteroatoms. The minimum Gasteiger partial charge on any atom is -0.486 e. The molecule has 0 saturated carbocycles. The summed E-state index contributed by atoms with van der Waals surface area (Å²) in [6.45, 7) is 0.385. The monoisotopic (exact) mass is 475 g/mol. The second-order valence-electron chi connectivity index (χ2n) is 7.02. The van der Waals surface area contributed by atoms with E-state index in [1.165, 1.54) is 16.4 Å². The summed E-state index contributed by atoms with van der Waals surface area (Å²) in [5, 5.41) is 1.67. The average molecular weight is 476 g/mol. The Balaban J connectivity index is 1.32. The molecule has 1 aromatic carbocycles. The van der Waals surface area contributed by atoms with Crippen molar-refractivity contribution in [2.45, 2.75) is 29.7 Å². The lowest BCUT2D eigenvalue weighted by atomic mass is 10.2. The Kier molecular flexibility index (Phi) is 6.58. The highest BCUT2D eigenvalue weighted by atomic mass is 32.2. The van der Waals surface area contributed by atoms with E-state index in [4.69, 9.17) is 9.15 Å². The molecule has 9 nitrogen and oxygen atoms in total. The highest BCUT2D eigenvalue weighted by molar-refractivity contribution is 7.91. The van der Waals surface area contributed by atoms with Gasteiger partial charge in [0.15, 0.2) is 5.76 Å². The topological polar surface area (TPSA) is 118 Å². The molecule has 32 heavy (non-hydrogen) atoms. The number of nitrogens with zero attached hydrogens (tertiary/aromatic N) is 1. The highest BCUT2D eigenvalue weighted by Crippen LogP contribution is 2.28. The fourth-order valence-corrected chi connectivity index (χ4v) is 6.10. The molecule has 0 bridgehead atoms. The molecule has 2 aromatic heterocycles. The Labute approximate surface area is 189 Å². The van der Waals surface area contributed by atoms with Gasteiger partial charge in [-0.25, -0.2) is 8.42 Å². The van der Waals surface area contributed by atoms with Gasteiger partial charge in [-0.15, -0.1) is 11.3 Å². The number of thiophene rings is 1. The molecule has 1 saturated heterocycles. The van der Waals surface area contributed by atoms with Crippen molar-refractivity contribution in [2.24, 2.45) is 0 Å². The molecule has 0 radical (unpaired) electrons. The number of rotatable bonds is 7. The first-order chi connectivity index (χ1) is 15.4. The van der Waals surface area contributed by atoms with Crippen LogP contribution in [0.3, 0.4) is 0 Å². The second-order valence-corrected chi connectivity index (χ2v) is 10.1. The minimum atomic E-state index is -3.76. The number of hydrogen-bond acceptors (Lipinski definition) is 7. The van der Waals surface area contributed by atoms with Gasteiger partial charge in [0.1, 0.15) is 28.4 Å². The van der Waals surface area contributed by atoms with Gasteiger partial charge in [-0.05, 0) is 48.6 Å². The Morgan fingerprint density at radius 1 is 1.09 bits per heavy atom. The van der Waals surface area contributed by atoms with Crippen molar-refractivity contribution in [3.8, 4) is 5.75 Å². The summed E-state index contributed by atoms with van der Waals surface area (Å²) in [4.78, 5) is 24.9. The molecule has 1 aliphatic rings. The molecule has 4 rings (SSSR count). The molecule has 2 amide bonds. The van der Waals surface area contributed by atoms with Crippen LogP contribution in [0.5, 0.6) is 5.75 Å². The predicted molar refractivity (Wildman–Crippen MR) is 116 cm³/mol. The zero-order chi connectivity index (χ0) is 22.6. The second kappa shape index (κ2) is 9.55. The normalized spacial score (nSPS) is 16.6. The van der Waals surface area contributed by atoms with Gasteiger partial charge in [0.2, 0.25) is 0 Å². The summed E-state index contributed by atoms with van der Waals surface area (Å²) in [7, 11) is -3.76. The van der Waals surface area contributed by atoms with E-state index in [1.54, 1.807) is 29.6 Å². The zero-order valence-corrected chi connectivity index (χ0v) is 18.5. The maximum absolute atomic E-state index is 12.8. The van der Waals surface area contributed by atoms with Gasteiger partial charge in [-0.1, -0.05) is 24.3 Å². The van der Waals surface area contributed by atoms with Gasteiger partial charge >= 0.3 is 5.91 Å². The summed E-state index contributed by atoms with van der Waals surface area (Å²) in [6, 6.07) is 14.5.